The topological polar surface area (TPSA) is 69.6 Å². The van der Waals surface area contributed by atoms with Gasteiger partial charge >= 0.3 is 5.97 Å². The molecule has 3 atom stereocenters. The average Bonchev–Trinajstić information content (AvgIpc) is 2.84. The molecule has 5 nitrogen and oxygen atoms in total. The van der Waals surface area contributed by atoms with Gasteiger partial charge in [-0.05, 0) is 32.2 Å². The van der Waals surface area contributed by atoms with E-state index in [2.05, 4.69) is 5.32 Å². The number of carbonyl (C=O) groups excluding carboxylic acids is 1. The monoisotopic (exact) mass is 240 g/mol. The van der Waals surface area contributed by atoms with Gasteiger partial charge in [0.1, 0.15) is 6.04 Å². The number of likely N-dealkylation sites (tertiary alicyclic amines) is 1. The van der Waals surface area contributed by atoms with E-state index >= 15 is 0 Å². The van der Waals surface area contributed by atoms with Crippen LogP contribution in [0.2, 0.25) is 0 Å². The maximum Gasteiger partial charge on any atom is 0.326 e. The van der Waals surface area contributed by atoms with Crippen LogP contribution < -0.4 is 5.32 Å². The summed E-state index contributed by atoms with van der Waals surface area (Å²) in [6, 6.07) is -0.639. The summed E-state index contributed by atoms with van der Waals surface area (Å²) in [5, 5.41) is 12.4. The molecule has 0 aromatic heterocycles. The van der Waals surface area contributed by atoms with Crippen LogP contribution in [0.3, 0.4) is 0 Å². The van der Waals surface area contributed by atoms with Gasteiger partial charge in [0.05, 0.1) is 5.41 Å². The number of hydrogen-bond acceptors (Lipinski definition) is 3. The summed E-state index contributed by atoms with van der Waals surface area (Å²) in [5.41, 5.74) is -0.419. The van der Waals surface area contributed by atoms with E-state index in [1.807, 2.05) is 13.8 Å². The Morgan fingerprint density at radius 3 is 2.71 bits per heavy atom. The lowest BCUT2D eigenvalue weighted by Crippen LogP contribution is -2.49. The van der Waals surface area contributed by atoms with E-state index in [0.29, 0.717) is 13.1 Å². The number of aliphatic carboxylic acids is 1. The van der Waals surface area contributed by atoms with E-state index in [0.717, 1.165) is 19.4 Å². The van der Waals surface area contributed by atoms with Crippen LogP contribution in [-0.2, 0) is 9.59 Å². The number of hydrogen-bond donors (Lipinski definition) is 2. The van der Waals surface area contributed by atoms with E-state index in [1.54, 1.807) is 4.90 Å². The number of carbonyl (C=O) groups is 2. The van der Waals surface area contributed by atoms with E-state index in [1.165, 1.54) is 0 Å². The van der Waals surface area contributed by atoms with E-state index in [-0.39, 0.29) is 11.8 Å². The zero-order valence-corrected chi connectivity index (χ0v) is 10.4. The molecule has 96 valence electrons. The SMILES string of the molecule is CC1CCN(C(=O)C2(C)CCNC2)C1C(=O)O. The van der Waals surface area contributed by atoms with Crippen LogP contribution in [0.4, 0.5) is 0 Å². The molecule has 2 heterocycles. The first-order valence-electron chi connectivity index (χ1n) is 6.20. The molecule has 2 rings (SSSR count). The highest BCUT2D eigenvalue weighted by molar-refractivity contribution is 5.88. The van der Waals surface area contributed by atoms with Crippen molar-refractivity contribution in [2.24, 2.45) is 11.3 Å². The van der Waals surface area contributed by atoms with Crippen molar-refractivity contribution in [3.8, 4) is 0 Å². The maximum atomic E-state index is 12.5. The second-order valence-electron chi connectivity index (χ2n) is 5.54. The van der Waals surface area contributed by atoms with Crippen LogP contribution in [0.25, 0.3) is 0 Å². The van der Waals surface area contributed by atoms with E-state index < -0.39 is 17.4 Å². The molecule has 17 heavy (non-hydrogen) atoms. The standard InChI is InChI=1S/C12H20N2O3/c1-8-3-6-14(9(8)10(15)16)11(17)12(2)4-5-13-7-12/h8-9,13H,3-7H2,1-2H3,(H,15,16). The van der Waals surface area contributed by atoms with Crippen molar-refractivity contribution in [1.29, 1.82) is 0 Å². The van der Waals surface area contributed by atoms with E-state index in [9.17, 15) is 14.7 Å². The molecule has 0 aromatic rings. The van der Waals surface area contributed by atoms with Gasteiger partial charge in [-0.15, -0.1) is 0 Å². The van der Waals surface area contributed by atoms with Gasteiger partial charge in [0.15, 0.2) is 0 Å². The van der Waals surface area contributed by atoms with Crippen LogP contribution in [0, 0.1) is 11.3 Å². The number of nitrogens with zero attached hydrogens (tertiary/aromatic N) is 1. The fraction of sp³-hybridized carbons (Fsp3) is 0.833. The normalized spacial score (nSPS) is 37.4. The van der Waals surface area contributed by atoms with Crippen molar-refractivity contribution < 1.29 is 14.7 Å². The second-order valence-corrected chi connectivity index (χ2v) is 5.54. The van der Waals surface area contributed by atoms with E-state index in [4.69, 9.17) is 0 Å². The lowest BCUT2D eigenvalue weighted by molar-refractivity contribution is -0.153. The lowest BCUT2D eigenvalue weighted by Gasteiger charge is -2.31. The molecule has 3 unspecified atom stereocenters. The van der Waals surface area contributed by atoms with Crippen molar-refractivity contribution in [1.82, 2.24) is 10.2 Å². The van der Waals surface area contributed by atoms with Crippen LogP contribution in [0.5, 0.6) is 0 Å². The summed E-state index contributed by atoms with van der Waals surface area (Å²) < 4.78 is 0. The van der Waals surface area contributed by atoms with Crippen molar-refractivity contribution in [2.75, 3.05) is 19.6 Å². The van der Waals surface area contributed by atoms with Gasteiger partial charge in [-0.25, -0.2) is 4.79 Å². The first-order chi connectivity index (χ1) is 7.96. The molecule has 0 radical (unpaired) electrons. The summed E-state index contributed by atoms with van der Waals surface area (Å²) in [6.07, 6.45) is 1.58. The molecule has 0 saturated carbocycles. The van der Waals surface area contributed by atoms with Crippen molar-refractivity contribution in [3.63, 3.8) is 0 Å². The minimum atomic E-state index is -0.877. The highest BCUT2D eigenvalue weighted by atomic mass is 16.4. The Morgan fingerprint density at radius 1 is 1.47 bits per heavy atom. The van der Waals surface area contributed by atoms with Gasteiger partial charge in [-0.3, -0.25) is 4.79 Å². The molecule has 2 fully saturated rings. The fourth-order valence-electron chi connectivity index (χ4n) is 2.90. The number of carboxylic acid groups (broad SMARTS) is 1. The zero-order chi connectivity index (χ0) is 12.6. The average molecular weight is 240 g/mol. The molecule has 1 amide bonds. The molecule has 2 aliphatic rings. The largest absolute Gasteiger partial charge is 0.480 e. The zero-order valence-electron chi connectivity index (χ0n) is 10.4. The Morgan fingerprint density at radius 2 is 2.18 bits per heavy atom. The third kappa shape index (κ3) is 2.04. The molecule has 0 bridgehead atoms. The Hall–Kier alpha value is -1.10. The predicted octanol–water partition coefficient (Wildman–Crippen LogP) is 0.308. The fourth-order valence-corrected chi connectivity index (χ4v) is 2.90. The van der Waals surface area contributed by atoms with Crippen molar-refractivity contribution in [2.45, 2.75) is 32.7 Å². The summed E-state index contributed by atoms with van der Waals surface area (Å²) >= 11 is 0. The molecule has 2 aliphatic heterocycles. The van der Waals surface area contributed by atoms with Gasteiger partial charge in [-0.1, -0.05) is 6.92 Å². The molecule has 2 saturated heterocycles. The quantitative estimate of drug-likeness (QED) is 0.728. The van der Waals surface area contributed by atoms with Gasteiger partial charge < -0.3 is 15.3 Å². The van der Waals surface area contributed by atoms with Crippen molar-refractivity contribution >= 4 is 11.9 Å². The minimum absolute atomic E-state index is 0.000694. The summed E-state index contributed by atoms with van der Waals surface area (Å²) in [6.45, 7) is 5.90. The second kappa shape index (κ2) is 4.29. The summed E-state index contributed by atoms with van der Waals surface area (Å²) in [4.78, 5) is 25.3. The summed E-state index contributed by atoms with van der Waals surface area (Å²) in [5.74, 6) is -0.827. The van der Waals surface area contributed by atoms with Crippen LogP contribution in [0.15, 0.2) is 0 Å². The lowest BCUT2D eigenvalue weighted by atomic mass is 9.87. The van der Waals surface area contributed by atoms with Gasteiger partial charge in [0.2, 0.25) is 5.91 Å². The molecule has 0 aromatic carbocycles. The molecule has 5 heteroatoms. The van der Waals surface area contributed by atoms with Crippen LogP contribution in [0.1, 0.15) is 26.7 Å². The van der Waals surface area contributed by atoms with Crippen molar-refractivity contribution in [3.05, 3.63) is 0 Å². The summed E-state index contributed by atoms with van der Waals surface area (Å²) in [7, 11) is 0. The minimum Gasteiger partial charge on any atom is -0.480 e. The van der Waals surface area contributed by atoms with Gasteiger partial charge in [0, 0.05) is 13.1 Å². The number of carboxylic acids is 1. The molecule has 2 N–H and O–H groups in total. The Kier molecular flexibility index (Phi) is 3.12. The molecule has 0 spiro atoms. The molecular formula is C12H20N2O3. The highest BCUT2D eigenvalue weighted by Gasteiger charge is 2.46. The van der Waals surface area contributed by atoms with Gasteiger partial charge in [0.25, 0.3) is 0 Å². The third-order valence-electron chi connectivity index (χ3n) is 4.10. The van der Waals surface area contributed by atoms with Crippen LogP contribution >= 0.6 is 0 Å². The third-order valence-corrected chi connectivity index (χ3v) is 4.10. The number of rotatable bonds is 2. The predicted molar refractivity (Wildman–Crippen MR) is 62.5 cm³/mol. The molecular weight excluding hydrogens is 220 g/mol. The van der Waals surface area contributed by atoms with Gasteiger partial charge in [-0.2, -0.15) is 0 Å². The Bertz CT molecular complexity index is 337. The smallest absolute Gasteiger partial charge is 0.326 e. The highest BCUT2D eigenvalue weighted by Crippen LogP contribution is 2.33. The Balaban J connectivity index is 2.16. The van der Waals surface area contributed by atoms with Crippen LogP contribution in [-0.4, -0.2) is 47.6 Å². The maximum absolute atomic E-state index is 12.5. The molecule has 0 aliphatic carbocycles. The first-order valence-corrected chi connectivity index (χ1v) is 6.20. The first kappa shape index (κ1) is 12.4. The number of nitrogens with one attached hydrogen (secondary N) is 1. The number of amides is 1. The Labute approximate surface area is 101 Å².